The highest BCUT2D eigenvalue weighted by molar-refractivity contribution is 6.58. The van der Waals surface area contributed by atoms with Crippen molar-refractivity contribution < 1.29 is 10.0 Å². The molecule has 1 saturated carbocycles. The second-order valence-corrected chi connectivity index (χ2v) is 6.96. The summed E-state index contributed by atoms with van der Waals surface area (Å²) in [5, 5.41) is 18.5. The number of rotatable bonds is 3. The van der Waals surface area contributed by atoms with E-state index in [4.69, 9.17) is 0 Å². The molecule has 1 heterocycles. The van der Waals surface area contributed by atoms with Gasteiger partial charge < -0.3 is 10.0 Å². The number of likely N-dealkylation sites (tertiary alicyclic amines) is 1. The van der Waals surface area contributed by atoms with Crippen molar-refractivity contribution in [2.75, 3.05) is 13.1 Å². The molecule has 2 N–H and O–H groups in total. The van der Waals surface area contributed by atoms with Gasteiger partial charge in [0.1, 0.15) is 0 Å². The normalized spacial score (nSPS) is 22.4. The van der Waals surface area contributed by atoms with Gasteiger partial charge in [0.2, 0.25) is 0 Å². The lowest BCUT2D eigenvalue weighted by Crippen LogP contribution is -2.40. The molecular weight excluding hydrogens is 261 g/mol. The highest BCUT2D eigenvalue weighted by Crippen LogP contribution is 2.44. The Hall–Kier alpha value is -0.835. The number of nitrogens with zero attached hydrogens (tertiary/aromatic N) is 1. The molecule has 1 aromatic carbocycles. The average molecular weight is 287 g/mol. The Balaban J connectivity index is 1.56. The van der Waals surface area contributed by atoms with Gasteiger partial charge >= 0.3 is 7.12 Å². The maximum atomic E-state index is 9.26. The van der Waals surface area contributed by atoms with Crippen LogP contribution < -0.4 is 5.46 Å². The fraction of sp³-hybridized carbons (Fsp3) is 0.647. The monoisotopic (exact) mass is 287 g/mol. The second-order valence-electron chi connectivity index (χ2n) is 6.96. The Bertz CT molecular complexity index is 462. The van der Waals surface area contributed by atoms with Crippen molar-refractivity contribution in [2.45, 2.75) is 51.5 Å². The Morgan fingerprint density at radius 2 is 1.71 bits per heavy atom. The lowest BCUT2D eigenvalue weighted by molar-refractivity contribution is 0.0641. The highest BCUT2D eigenvalue weighted by atomic mass is 16.4. The van der Waals surface area contributed by atoms with Crippen molar-refractivity contribution in [3.8, 4) is 0 Å². The molecule has 114 valence electrons. The van der Waals surface area contributed by atoms with Crippen LogP contribution in [-0.4, -0.2) is 35.2 Å². The molecule has 0 unspecified atom stereocenters. The molecule has 0 amide bonds. The summed E-state index contributed by atoms with van der Waals surface area (Å²) < 4.78 is 0. The van der Waals surface area contributed by atoms with E-state index in [1.165, 1.54) is 63.6 Å². The highest BCUT2D eigenvalue weighted by Gasteiger charge is 2.35. The van der Waals surface area contributed by atoms with E-state index in [9.17, 15) is 10.0 Å². The van der Waals surface area contributed by atoms with Crippen LogP contribution in [0.25, 0.3) is 0 Å². The van der Waals surface area contributed by atoms with Crippen molar-refractivity contribution in [2.24, 2.45) is 5.41 Å². The zero-order chi connectivity index (χ0) is 14.7. The minimum Gasteiger partial charge on any atom is -0.423 e. The molecule has 1 aromatic rings. The molecule has 0 atom stereocenters. The van der Waals surface area contributed by atoms with Crippen LogP contribution in [0.4, 0.5) is 0 Å². The van der Waals surface area contributed by atoms with Gasteiger partial charge in [0.25, 0.3) is 0 Å². The van der Waals surface area contributed by atoms with E-state index < -0.39 is 7.12 Å². The number of benzene rings is 1. The summed E-state index contributed by atoms with van der Waals surface area (Å²) in [5.74, 6) is 0. The number of hydrogen-bond donors (Lipinski definition) is 2. The predicted octanol–water partition coefficient (Wildman–Crippen LogP) is 1.91. The fourth-order valence-electron chi connectivity index (χ4n) is 4.10. The largest absolute Gasteiger partial charge is 0.488 e. The minimum atomic E-state index is -1.36. The Kier molecular flexibility index (Phi) is 4.67. The van der Waals surface area contributed by atoms with E-state index in [0.29, 0.717) is 10.9 Å². The van der Waals surface area contributed by atoms with E-state index in [-0.39, 0.29) is 0 Å². The summed E-state index contributed by atoms with van der Waals surface area (Å²) in [7, 11) is -1.36. The van der Waals surface area contributed by atoms with Crippen LogP contribution in [0, 0.1) is 5.41 Å². The maximum Gasteiger partial charge on any atom is 0.488 e. The van der Waals surface area contributed by atoms with Gasteiger partial charge in [-0.05, 0) is 55.2 Å². The molecule has 1 spiro atoms. The van der Waals surface area contributed by atoms with E-state index in [1.54, 1.807) is 6.07 Å². The van der Waals surface area contributed by atoms with Crippen LogP contribution in [0.5, 0.6) is 0 Å². The number of hydrogen-bond acceptors (Lipinski definition) is 3. The van der Waals surface area contributed by atoms with Crippen molar-refractivity contribution in [3.63, 3.8) is 0 Å². The first kappa shape index (κ1) is 15.1. The van der Waals surface area contributed by atoms with E-state index in [2.05, 4.69) is 11.0 Å². The van der Waals surface area contributed by atoms with E-state index in [1.807, 2.05) is 12.1 Å². The third-order valence-electron chi connectivity index (χ3n) is 5.49. The Morgan fingerprint density at radius 3 is 2.38 bits per heavy atom. The number of piperidine rings is 1. The first-order chi connectivity index (χ1) is 10.2. The average Bonchev–Trinajstić information content (AvgIpc) is 2.51. The zero-order valence-electron chi connectivity index (χ0n) is 12.8. The van der Waals surface area contributed by atoms with Crippen molar-refractivity contribution in [3.05, 3.63) is 29.8 Å². The van der Waals surface area contributed by atoms with Gasteiger partial charge in [-0.25, -0.2) is 0 Å². The second kappa shape index (κ2) is 6.51. The van der Waals surface area contributed by atoms with Gasteiger partial charge in [0.15, 0.2) is 0 Å². The maximum absolute atomic E-state index is 9.26. The van der Waals surface area contributed by atoms with Crippen LogP contribution in [0.15, 0.2) is 24.3 Å². The molecule has 2 fully saturated rings. The van der Waals surface area contributed by atoms with Crippen molar-refractivity contribution in [1.82, 2.24) is 4.90 Å². The smallest absolute Gasteiger partial charge is 0.423 e. The summed E-state index contributed by atoms with van der Waals surface area (Å²) in [6.45, 7) is 3.30. The van der Waals surface area contributed by atoms with Gasteiger partial charge in [0, 0.05) is 6.54 Å². The molecule has 1 saturated heterocycles. The third-order valence-corrected chi connectivity index (χ3v) is 5.49. The molecule has 0 radical (unpaired) electrons. The standard InChI is InChI=1S/C17H26BNO2/c20-18(21)16-6-4-5-15(13-16)14-19-11-9-17(10-12-19)7-2-1-3-8-17/h4-6,13,20-21H,1-3,7-12,14H2. The lowest BCUT2D eigenvalue weighted by Gasteiger charge is -2.44. The van der Waals surface area contributed by atoms with Gasteiger partial charge in [-0.3, -0.25) is 4.90 Å². The van der Waals surface area contributed by atoms with Crippen molar-refractivity contribution in [1.29, 1.82) is 0 Å². The summed E-state index contributed by atoms with van der Waals surface area (Å²) in [6, 6.07) is 7.67. The van der Waals surface area contributed by atoms with Gasteiger partial charge in [-0.1, -0.05) is 43.5 Å². The molecule has 0 aromatic heterocycles. The molecule has 1 aliphatic heterocycles. The first-order valence-electron chi connectivity index (χ1n) is 8.34. The van der Waals surface area contributed by atoms with Crippen LogP contribution in [0.1, 0.15) is 50.5 Å². The molecule has 3 nitrogen and oxygen atoms in total. The minimum absolute atomic E-state index is 0.591. The van der Waals surface area contributed by atoms with Gasteiger partial charge in [0.05, 0.1) is 0 Å². The topological polar surface area (TPSA) is 43.7 Å². The zero-order valence-corrected chi connectivity index (χ0v) is 12.8. The fourth-order valence-corrected chi connectivity index (χ4v) is 4.10. The van der Waals surface area contributed by atoms with Crippen LogP contribution in [0.3, 0.4) is 0 Å². The molecule has 3 rings (SSSR count). The third kappa shape index (κ3) is 3.68. The Morgan fingerprint density at radius 1 is 1.00 bits per heavy atom. The molecule has 21 heavy (non-hydrogen) atoms. The summed E-state index contributed by atoms with van der Waals surface area (Å²) >= 11 is 0. The summed E-state index contributed by atoms with van der Waals surface area (Å²) in [6.07, 6.45) is 9.85. The van der Waals surface area contributed by atoms with Crippen LogP contribution in [-0.2, 0) is 6.54 Å². The molecular formula is C17H26BNO2. The van der Waals surface area contributed by atoms with Crippen molar-refractivity contribution >= 4 is 12.6 Å². The lowest BCUT2D eigenvalue weighted by atomic mass is 9.68. The first-order valence-corrected chi connectivity index (χ1v) is 8.34. The van der Waals surface area contributed by atoms with Crippen LogP contribution in [0.2, 0.25) is 0 Å². The molecule has 0 bridgehead atoms. The SMILES string of the molecule is OB(O)c1cccc(CN2CCC3(CCCCC3)CC2)c1. The summed E-state index contributed by atoms with van der Waals surface area (Å²) in [5.41, 5.74) is 2.42. The predicted molar refractivity (Wildman–Crippen MR) is 86.3 cm³/mol. The van der Waals surface area contributed by atoms with E-state index in [0.717, 1.165) is 6.54 Å². The molecule has 1 aliphatic carbocycles. The summed E-state index contributed by atoms with van der Waals surface area (Å²) in [4.78, 5) is 2.52. The van der Waals surface area contributed by atoms with Gasteiger partial charge in [-0.15, -0.1) is 0 Å². The van der Waals surface area contributed by atoms with Crippen LogP contribution >= 0.6 is 0 Å². The molecule has 4 heteroatoms. The van der Waals surface area contributed by atoms with Gasteiger partial charge in [-0.2, -0.15) is 0 Å². The molecule has 2 aliphatic rings. The van der Waals surface area contributed by atoms with E-state index >= 15 is 0 Å². The Labute approximate surface area is 128 Å². The quantitative estimate of drug-likeness (QED) is 0.835.